The number of hydrogen-bond acceptors (Lipinski definition) is 11. The maximum absolute atomic E-state index is 12.5. The summed E-state index contributed by atoms with van der Waals surface area (Å²) in [7, 11) is 4.05. The summed E-state index contributed by atoms with van der Waals surface area (Å²) in [6.45, 7) is 4.93. The molecule has 0 amide bonds. The predicted octanol–water partition coefficient (Wildman–Crippen LogP) is 8.28. The van der Waals surface area contributed by atoms with Gasteiger partial charge in [-0.1, -0.05) is 91.0 Å². The fourth-order valence-electron chi connectivity index (χ4n) is 6.38. The van der Waals surface area contributed by atoms with Gasteiger partial charge in [-0.05, 0) is 61.4 Å². The molecule has 4 N–H and O–H groups in total. The molecule has 322 valence electrons. The number of thioether (sulfide) groups is 2. The number of carboxylic acid groups (broad SMARTS) is 2. The van der Waals surface area contributed by atoms with E-state index in [1.54, 1.807) is 85.9 Å². The second-order valence-electron chi connectivity index (χ2n) is 14.8. The molecule has 62 heavy (non-hydrogen) atoms. The molecule has 13 heteroatoms. The summed E-state index contributed by atoms with van der Waals surface area (Å²) in [4.78, 5) is 60.5. The Bertz CT molecular complexity index is 2160. The number of carbonyl (C=O) groups excluding carboxylic acids is 2. The highest BCUT2D eigenvalue weighted by molar-refractivity contribution is 7.99. The van der Waals surface area contributed by atoms with E-state index in [4.69, 9.17) is 4.98 Å². The molecule has 1 heterocycles. The Balaban J connectivity index is 1.03. The number of pyridine rings is 1. The molecular formula is C49H53N5O6S2. The number of aliphatic carboxylic acids is 2. The molecule has 11 nitrogen and oxygen atoms in total. The van der Waals surface area contributed by atoms with Crippen molar-refractivity contribution in [3.63, 3.8) is 0 Å². The third-order valence-electron chi connectivity index (χ3n) is 9.83. The Morgan fingerprint density at radius 2 is 0.935 bits per heavy atom. The van der Waals surface area contributed by atoms with E-state index in [0.29, 0.717) is 22.5 Å². The van der Waals surface area contributed by atoms with Crippen LogP contribution in [0.4, 0.5) is 11.6 Å². The van der Waals surface area contributed by atoms with Gasteiger partial charge in [0, 0.05) is 96.0 Å². The van der Waals surface area contributed by atoms with E-state index in [1.165, 1.54) is 12.2 Å². The summed E-state index contributed by atoms with van der Waals surface area (Å²) >= 11 is 3.43. The van der Waals surface area contributed by atoms with Crippen LogP contribution in [0.5, 0.6) is 0 Å². The van der Waals surface area contributed by atoms with E-state index in [-0.39, 0.29) is 24.4 Å². The smallest absolute Gasteiger partial charge is 0.326 e. The van der Waals surface area contributed by atoms with Gasteiger partial charge in [0.25, 0.3) is 0 Å². The molecule has 1 aromatic heterocycles. The first-order valence-corrected chi connectivity index (χ1v) is 22.2. The number of carboxylic acids is 2. The van der Waals surface area contributed by atoms with Crippen molar-refractivity contribution < 1.29 is 29.4 Å². The lowest BCUT2D eigenvalue weighted by Crippen LogP contribution is -2.37. The van der Waals surface area contributed by atoms with Crippen molar-refractivity contribution in [1.29, 1.82) is 0 Å². The van der Waals surface area contributed by atoms with Gasteiger partial charge in [-0.3, -0.25) is 9.59 Å². The molecule has 0 aliphatic heterocycles. The van der Waals surface area contributed by atoms with Crippen LogP contribution in [0.3, 0.4) is 0 Å². The number of benzene rings is 4. The van der Waals surface area contributed by atoms with Gasteiger partial charge in [-0.15, -0.1) is 23.5 Å². The maximum atomic E-state index is 12.5. The van der Waals surface area contributed by atoms with Crippen molar-refractivity contribution >= 4 is 58.7 Å². The minimum Gasteiger partial charge on any atom is -0.480 e. The van der Waals surface area contributed by atoms with Crippen LogP contribution >= 0.6 is 23.5 Å². The van der Waals surface area contributed by atoms with Crippen molar-refractivity contribution in [2.24, 2.45) is 0 Å². The minimum absolute atomic E-state index is 0.184. The molecular weight excluding hydrogens is 819 g/mol. The van der Waals surface area contributed by atoms with Crippen molar-refractivity contribution in [2.45, 2.75) is 48.6 Å². The lowest BCUT2D eigenvalue weighted by molar-refractivity contribution is -0.140. The summed E-state index contributed by atoms with van der Waals surface area (Å²) in [5.41, 5.74) is 3.83. The molecule has 0 fully saturated rings. The van der Waals surface area contributed by atoms with Gasteiger partial charge in [-0.25, -0.2) is 14.6 Å². The zero-order chi connectivity index (χ0) is 44.4. The number of hydrogen-bond donors (Lipinski definition) is 4. The zero-order valence-corrected chi connectivity index (χ0v) is 37.0. The summed E-state index contributed by atoms with van der Waals surface area (Å²) in [5, 5.41) is 25.7. The number of ketones is 2. The van der Waals surface area contributed by atoms with Crippen LogP contribution in [0.2, 0.25) is 0 Å². The number of nitrogens with one attached hydrogen (secondary N) is 2. The molecule has 0 bridgehead atoms. The standard InChI is InChI=1S/C49H53N5O6S2/c1-34(30-44(55)38-12-7-5-8-13-38)50-42(48(57)58)32-36-18-22-40(23-19-36)61-28-26-53(3)46-16-11-17-47(52-46)54(4)27-29-62-41-24-20-37(21-25-41)33-43(49(59)60)51-35(2)31-45(56)39-14-9-6-10-15-39/h5-25,30-31,42-43,50-51H,26-29,32-33H2,1-4H3,(H,57,58)(H,59,60)/b34-30+,35-31+. The van der Waals surface area contributed by atoms with E-state index in [2.05, 4.69) is 20.4 Å². The molecule has 4 aromatic carbocycles. The van der Waals surface area contributed by atoms with Crippen LogP contribution in [0.15, 0.2) is 161 Å². The van der Waals surface area contributed by atoms with Gasteiger partial charge in [0.05, 0.1) is 0 Å². The van der Waals surface area contributed by atoms with Crippen molar-refractivity contribution in [3.05, 3.63) is 173 Å². The van der Waals surface area contributed by atoms with Gasteiger partial charge in [0.15, 0.2) is 11.6 Å². The Kier molecular flexibility index (Phi) is 17.8. The summed E-state index contributed by atoms with van der Waals surface area (Å²) in [5.74, 6) is 1.05. The molecule has 0 aliphatic carbocycles. The first kappa shape index (κ1) is 46.8. The molecule has 0 aliphatic rings. The summed E-state index contributed by atoms with van der Waals surface area (Å²) in [6.07, 6.45) is 3.40. The van der Waals surface area contributed by atoms with E-state index < -0.39 is 24.0 Å². The lowest BCUT2D eigenvalue weighted by Gasteiger charge is -2.22. The molecule has 0 spiro atoms. The quantitative estimate of drug-likeness (QED) is 0.0268. The van der Waals surface area contributed by atoms with Crippen LogP contribution < -0.4 is 20.4 Å². The van der Waals surface area contributed by atoms with Gasteiger partial charge >= 0.3 is 11.9 Å². The number of aromatic nitrogens is 1. The molecule has 2 unspecified atom stereocenters. The van der Waals surface area contributed by atoms with Crippen molar-refractivity contribution in [2.75, 3.05) is 48.5 Å². The number of carbonyl (C=O) groups is 4. The fraction of sp³-hybridized carbons (Fsp3) is 0.245. The Morgan fingerprint density at radius 1 is 0.565 bits per heavy atom. The average molecular weight is 872 g/mol. The van der Waals surface area contributed by atoms with E-state index in [9.17, 15) is 29.4 Å². The van der Waals surface area contributed by atoms with Crippen LogP contribution in [-0.2, 0) is 22.4 Å². The molecule has 2 atom stereocenters. The average Bonchev–Trinajstić information content (AvgIpc) is 3.27. The summed E-state index contributed by atoms with van der Waals surface area (Å²) in [6, 6.07) is 37.8. The molecule has 5 aromatic rings. The minimum atomic E-state index is -0.989. The van der Waals surface area contributed by atoms with E-state index >= 15 is 0 Å². The number of allylic oxidation sites excluding steroid dienone is 4. The molecule has 5 rings (SSSR count). The second kappa shape index (κ2) is 23.6. The largest absolute Gasteiger partial charge is 0.480 e. The van der Waals surface area contributed by atoms with Crippen LogP contribution in [0.25, 0.3) is 0 Å². The van der Waals surface area contributed by atoms with Gasteiger partial charge in [-0.2, -0.15) is 0 Å². The highest BCUT2D eigenvalue weighted by atomic mass is 32.2. The number of anilines is 2. The Labute approximate surface area is 372 Å². The Morgan fingerprint density at radius 3 is 1.29 bits per heavy atom. The van der Waals surface area contributed by atoms with Crippen LogP contribution in [-0.4, -0.2) is 89.5 Å². The van der Waals surface area contributed by atoms with E-state index in [0.717, 1.165) is 57.1 Å². The number of rotatable bonds is 24. The lowest BCUT2D eigenvalue weighted by atomic mass is 10.1. The zero-order valence-electron chi connectivity index (χ0n) is 35.4. The van der Waals surface area contributed by atoms with Crippen LogP contribution in [0, 0.1) is 0 Å². The van der Waals surface area contributed by atoms with Crippen molar-refractivity contribution in [3.8, 4) is 0 Å². The Hall–Kier alpha value is -6.31. The fourth-order valence-corrected chi connectivity index (χ4v) is 8.24. The SMILES string of the molecule is C/C(=C\C(=O)c1ccccc1)NC(Cc1ccc(SCCN(C)c2cccc(N(C)CCSc3ccc(CC(N/C(C)=C/C(=O)c4ccccc4)C(=O)O)cc3)n2)cc1)C(=O)O. The first-order chi connectivity index (χ1) is 29.8. The number of nitrogens with zero attached hydrogens (tertiary/aromatic N) is 3. The highest BCUT2D eigenvalue weighted by Gasteiger charge is 2.20. The third kappa shape index (κ3) is 15.0. The summed E-state index contributed by atoms with van der Waals surface area (Å²) < 4.78 is 0. The molecule has 0 radical (unpaired) electrons. The van der Waals surface area contributed by atoms with Crippen LogP contribution in [0.1, 0.15) is 45.7 Å². The first-order valence-electron chi connectivity index (χ1n) is 20.2. The monoisotopic (exact) mass is 871 g/mol. The van der Waals surface area contributed by atoms with Gasteiger partial charge in [0.2, 0.25) is 0 Å². The van der Waals surface area contributed by atoms with Gasteiger partial charge in [0.1, 0.15) is 23.7 Å². The van der Waals surface area contributed by atoms with Gasteiger partial charge < -0.3 is 30.6 Å². The highest BCUT2D eigenvalue weighted by Crippen LogP contribution is 2.23. The van der Waals surface area contributed by atoms with Crippen molar-refractivity contribution in [1.82, 2.24) is 15.6 Å². The predicted molar refractivity (Wildman–Crippen MR) is 251 cm³/mol. The third-order valence-corrected chi connectivity index (χ3v) is 11.8. The molecule has 0 saturated carbocycles. The maximum Gasteiger partial charge on any atom is 0.326 e. The van der Waals surface area contributed by atoms with E-state index in [1.807, 2.05) is 93.0 Å². The topological polar surface area (TPSA) is 152 Å². The second-order valence-corrected chi connectivity index (χ2v) is 17.1. The molecule has 0 saturated heterocycles. The normalized spacial score (nSPS) is 12.5.